The molecule has 1 saturated heterocycles. The Hall–Kier alpha value is -2.19. The fraction of sp³-hybridized carbons (Fsp3) is 0.462. The quantitative estimate of drug-likeness (QED) is 0.347. The number of amides is 3. The second-order valence-corrected chi connectivity index (χ2v) is 4.40. The second-order valence-electron chi connectivity index (χ2n) is 4.40. The summed E-state index contributed by atoms with van der Waals surface area (Å²) in [5.41, 5.74) is 0.406. The Morgan fingerprint density at radius 3 is 2.67 bits per heavy atom. The van der Waals surface area contributed by atoms with Crippen LogP contribution in [-0.4, -0.2) is 60.3 Å². The Bertz CT molecular complexity index is 463. The molecule has 116 valence electrons. The van der Waals surface area contributed by atoms with Crippen LogP contribution in [0.15, 0.2) is 24.4 Å². The normalized spacial score (nSPS) is 24.9. The highest BCUT2D eigenvalue weighted by molar-refractivity contribution is 5.77. The molecule has 0 spiro atoms. The van der Waals surface area contributed by atoms with Gasteiger partial charge in [0.2, 0.25) is 5.91 Å². The second kappa shape index (κ2) is 7.55. The predicted molar refractivity (Wildman–Crippen MR) is 74.0 cm³/mol. The SMILES string of the molecule is C=C1[C@H](N(/C=C\C=O)C(=O)NC)O[C@H](CO)[C@H]1NC(C)=O. The van der Waals surface area contributed by atoms with Crippen molar-refractivity contribution < 1.29 is 24.2 Å². The fourth-order valence-electron chi connectivity index (χ4n) is 2.03. The number of allylic oxidation sites excluding steroid dienone is 1. The molecular formula is C13H19N3O5. The van der Waals surface area contributed by atoms with Gasteiger partial charge in [0.25, 0.3) is 0 Å². The average molecular weight is 297 g/mol. The predicted octanol–water partition coefficient (Wildman–Crippen LogP) is -0.881. The Balaban J connectivity index is 3.01. The summed E-state index contributed by atoms with van der Waals surface area (Å²) in [6.07, 6.45) is 1.28. The highest BCUT2D eigenvalue weighted by atomic mass is 16.5. The number of carbonyl (C=O) groups is 3. The van der Waals surface area contributed by atoms with Gasteiger partial charge in [-0.3, -0.25) is 14.5 Å². The Morgan fingerprint density at radius 2 is 2.19 bits per heavy atom. The molecule has 0 aromatic rings. The van der Waals surface area contributed by atoms with Crippen LogP contribution in [0.1, 0.15) is 6.92 Å². The number of aliphatic hydroxyl groups excluding tert-OH is 1. The summed E-state index contributed by atoms with van der Waals surface area (Å²) < 4.78 is 5.55. The molecule has 3 amide bonds. The molecule has 0 aliphatic carbocycles. The maximum Gasteiger partial charge on any atom is 0.323 e. The lowest BCUT2D eigenvalue weighted by Crippen LogP contribution is -2.43. The largest absolute Gasteiger partial charge is 0.394 e. The topological polar surface area (TPSA) is 108 Å². The van der Waals surface area contributed by atoms with Crippen LogP contribution in [0.2, 0.25) is 0 Å². The van der Waals surface area contributed by atoms with E-state index < -0.39 is 24.4 Å². The first kappa shape index (κ1) is 16.9. The molecule has 0 aromatic carbocycles. The average Bonchev–Trinajstić information content (AvgIpc) is 2.75. The van der Waals surface area contributed by atoms with Crippen LogP contribution in [0.4, 0.5) is 4.79 Å². The van der Waals surface area contributed by atoms with Crippen LogP contribution >= 0.6 is 0 Å². The van der Waals surface area contributed by atoms with Gasteiger partial charge < -0.3 is 20.5 Å². The molecule has 1 rings (SSSR count). The van der Waals surface area contributed by atoms with Crippen LogP contribution in [0.5, 0.6) is 0 Å². The van der Waals surface area contributed by atoms with E-state index in [2.05, 4.69) is 17.2 Å². The van der Waals surface area contributed by atoms with Crippen LogP contribution < -0.4 is 10.6 Å². The third-order valence-corrected chi connectivity index (χ3v) is 2.96. The van der Waals surface area contributed by atoms with Gasteiger partial charge in [0.15, 0.2) is 6.23 Å². The lowest BCUT2D eigenvalue weighted by molar-refractivity contribution is -0.120. The van der Waals surface area contributed by atoms with E-state index in [1.165, 1.54) is 20.2 Å². The first-order valence-corrected chi connectivity index (χ1v) is 6.30. The number of carbonyl (C=O) groups excluding carboxylic acids is 3. The minimum absolute atomic E-state index is 0.307. The third-order valence-electron chi connectivity index (χ3n) is 2.96. The van der Waals surface area contributed by atoms with Crippen molar-refractivity contribution in [1.82, 2.24) is 15.5 Å². The number of hydrogen-bond acceptors (Lipinski definition) is 5. The Labute approximate surface area is 122 Å². The first-order valence-electron chi connectivity index (χ1n) is 6.30. The van der Waals surface area contributed by atoms with Crippen LogP contribution in [0, 0.1) is 0 Å². The van der Waals surface area contributed by atoms with Crippen molar-refractivity contribution in [1.29, 1.82) is 0 Å². The van der Waals surface area contributed by atoms with Gasteiger partial charge in [-0.25, -0.2) is 4.79 Å². The van der Waals surface area contributed by atoms with E-state index in [1.54, 1.807) is 0 Å². The van der Waals surface area contributed by atoms with E-state index in [0.29, 0.717) is 11.9 Å². The third kappa shape index (κ3) is 3.89. The number of urea groups is 1. The van der Waals surface area contributed by atoms with E-state index in [1.807, 2.05) is 0 Å². The number of aliphatic hydroxyl groups is 1. The fourth-order valence-corrected chi connectivity index (χ4v) is 2.03. The maximum absolute atomic E-state index is 11.9. The van der Waals surface area contributed by atoms with Crippen molar-refractivity contribution >= 4 is 18.2 Å². The van der Waals surface area contributed by atoms with Crippen molar-refractivity contribution in [2.24, 2.45) is 0 Å². The van der Waals surface area contributed by atoms with E-state index in [-0.39, 0.29) is 12.5 Å². The van der Waals surface area contributed by atoms with Gasteiger partial charge in [0.05, 0.1) is 12.6 Å². The molecule has 0 unspecified atom stereocenters. The Morgan fingerprint density at radius 1 is 1.52 bits per heavy atom. The summed E-state index contributed by atoms with van der Waals surface area (Å²) in [5.74, 6) is -0.307. The zero-order valence-corrected chi connectivity index (χ0v) is 11.9. The molecule has 21 heavy (non-hydrogen) atoms. The zero-order valence-electron chi connectivity index (χ0n) is 11.9. The molecule has 1 aliphatic heterocycles. The Kier molecular flexibility index (Phi) is 6.07. The van der Waals surface area contributed by atoms with Gasteiger partial charge >= 0.3 is 6.03 Å². The van der Waals surface area contributed by atoms with Gasteiger partial charge in [-0.15, -0.1) is 0 Å². The number of rotatable bonds is 5. The maximum atomic E-state index is 11.9. The van der Waals surface area contributed by atoms with Crippen molar-refractivity contribution in [2.45, 2.75) is 25.3 Å². The van der Waals surface area contributed by atoms with Crippen LogP contribution in [0.25, 0.3) is 0 Å². The molecule has 0 bridgehead atoms. The van der Waals surface area contributed by atoms with Crippen molar-refractivity contribution in [3.8, 4) is 0 Å². The van der Waals surface area contributed by atoms with E-state index in [9.17, 15) is 19.5 Å². The number of nitrogens with zero attached hydrogens (tertiary/aromatic N) is 1. The summed E-state index contributed by atoms with van der Waals surface area (Å²) in [6, 6.07) is -1.13. The smallest absolute Gasteiger partial charge is 0.323 e. The molecule has 0 saturated carbocycles. The molecule has 0 radical (unpaired) electrons. The van der Waals surface area contributed by atoms with Gasteiger partial charge in [-0.2, -0.15) is 0 Å². The van der Waals surface area contributed by atoms with E-state index in [4.69, 9.17) is 4.74 Å². The van der Waals surface area contributed by atoms with E-state index >= 15 is 0 Å². The van der Waals surface area contributed by atoms with Gasteiger partial charge in [0.1, 0.15) is 12.4 Å². The minimum Gasteiger partial charge on any atom is -0.394 e. The standard InChI is InChI=1S/C13H19N3O5/c1-8-11(15-9(2)19)10(7-18)21-12(8)16(5-4-6-17)13(20)14-3/h4-6,10-12,18H,1,7H2,2-3H3,(H,14,20)(H,15,19)/b5-4-/t10-,11+,12-/m1/s1. The molecular weight excluding hydrogens is 278 g/mol. The molecule has 3 N–H and O–H groups in total. The van der Waals surface area contributed by atoms with Gasteiger partial charge in [0, 0.05) is 20.2 Å². The van der Waals surface area contributed by atoms with Crippen molar-refractivity contribution in [3.63, 3.8) is 0 Å². The van der Waals surface area contributed by atoms with Gasteiger partial charge in [-0.1, -0.05) is 6.58 Å². The molecule has 1 aliphatic rings. The highest BCUT2D eigenvalue weighted by Crippen LogP contribution is 2.28. The summed E-state index contributed by atoms with van der Waals surface area (Å²) >= 11 is 0. The lowest BCUT2D eigenvalue weighted by atomic mass is 10.1. The first-order chi connectivity index (χ1) is 9.96. The number of aldehydes is 1. The lowest BCUT2D eigenvalue weighted by Gasteiger charge is -2.25. The van der Waals surface area contributed by atoms with Crippen LogP contribution in [0.3, 0.4) is 0 Å². The molecule has 8 heteroatoms. The van der Waals surface area contributed by atoms with Crippen molar-refractivity contribution in [2.75, 3.05) is 13.7 Å². The van der Waals surface area contributed by atoms with Crippen molar-refractivity contribution in [3.05, 3.63) is 24.4 Å². The van der Waals surface area contributed by atoms with Crippen LogP contribution in [-0.2, 0) is 14.3 Å². The molecule has 0 aromatic heterocycles. The van der Waals surface area contributed by atoms with E-state index in [0.717, 1.165) is 11.0 Å². The number of ether oxygens (including phenoxy) is 1. The summed E-state index contributed by atoms with van der Waals surface area (Å²) in [5, 5.41) is 14.4. The number of hydrogen-bond donors (Lipinski definition) is 3. The molecule has 1 fully saturated rings. The highest BCUT2D eigenvalue weighted by Gasteiger charge is 2.42. The zero-order chi connectivity index (χ0) is 16.0. The summed E-state index contributed by atoms with van der Waals surface area (Å²) in [4.78, 5) is 34.6. The monoisotopic (exact) mass is 297 g/mol. The molecule has 3 atom stereocenters. The summed E-state index contributed by atoms with van der Waals surface area (Å²) in [7, 11) is 1.43. The molecule has 1 heterocycles. The summed E-state index contributed by atoms with van der Waals surface area (Å²) in [6.45, 7) is 4.80. The molecule has 8 nitrogen and oxygen atoms in total. The minimum atomic E-state index is -0.893. The number of nitrogens with one attached hydrogen (secondary N) is 2. The van der Waals surface area contributed by atoms with Gasteiger partial charge in [-0.05, 0) is 11.6 Å².